The van der Waals surface area contributed by atoms with Crippen molar-refractivity contribution in [2.45, 2.75) is 6.92 Å². The number of nitrogens with one attached hydrogen (secondary N) is 1. The second kappa shape index (κ2) is 8.57. The lowest BCUT2D eigenvalue weighted by atomic mass is 10.2. The van der Waals surface area contributed by atoms with Crippen LogP contribution < -0.4 is 15.0 Å². The Morgan fingerprint density at radius 2 is 1.71 bits per heavy atom. The number of hydrogen-bond donors (Lipinski definition) is 1. The summed E-state index contributed by atoms with van der Waals surface area (Å²) in [6.45, 7) is 2.04. The van der Waals surface area contributed by atoms with Gasteiger partial charge in [-0.05, 0) is 24.3 Å². The number of methoxy groups -OCH3 is 1. The number of nitrogens with zero attached hydrogens (tertiary/aromatic N) is 1. The zero-order chi connectivity index (χ0) is 17.4. The number of anilines is 1. The number of hydrogen-bond acceptors (Lipinski definition) is 4. The third kappa shape index (κ3) is 4.74. The highest BCUT2D eigenvalue weighted by atomic mass is 16.5. The average Bonchev–Trinajstić information content (AvgIpc) is 2.60. The van der Waals surface area contributed by atoms with Crippen LogP contribution in [0, 0.1) is 0 Å². The Morgan fingerprint density at radius 3 is 2.38 bits per heavy atom. The van der Waals surface area contributed by atoms with Crippen LogP contribution in [0.3, 0.4) is 0 Å². The Labute approximate surface area is 141 Å². The molecule has 6 nitrogen and oxygen atoms in total. The zero-order valence-corrected chi connectivity index (χ0v) is 13.7. The van der Waals surface area contributed by atoms with Crippen molar-refractivity contribution in [1.29, 1.82) is 0 Å². The molecule has 0 saturated carbocycles. The molecule has 0 aliphatic heterocycles. The van der Waals surface area contributed by atoms with Crippen molar-refractivity contribution in [3.8, 4) is 11.5 Å². The van der Waals surface area contributed by atoms with Crippen molar-refractivity contribution in [1.82, 2.24) is 5.32 Å². The molecule has 2 aromatic carbocycles. The minimum absolute atomic E-state index is 0.147. The van der Waals surface area contributed by atoms with Crippen LogP contribution in [-0.4, -0.2) is 32.2 Å². The summed E-state index contributed by atoms with van der Waals surface area (Å²) in [5.41, 5.74) is 0.639. The topological polar surface area (TPSA) is 67.9 Å². The second-order valence-electron chi connectivity index (χ2n) is 4.97. The van der Waals surface area contributed by atoms with E-state index in [4.69, 9.17) is 4.74 Å². The summed E-state index contributed by atoms with van der Waals surface area (Å²) in [5, 5.41) is 2.56. The fourth-order valence-corrected chi connectivity index (χ4v) is 2.17. The number of rotatable bonds is 6. The van der Waals surface area contributed by atoms with Crippen molar-refractivity contribution in [2.24, 2.45) is 0 Å². The lowest BCUT2D eigenvalue weighted by Crippen LogP contribution is -2.37. The number of carbonyl (C=O) groups is 2. The van der Waals surface area contributed by atoms with E-state index in [1.807, 2.05) is 42.5 Å². The van der Waals surface area contributed by atoms with Crippen molar-refractivity contribution < 1.29 is 19.1 Å². The van der Waals surface area contributed by atoms with Gasteiger partial charge in [-0.2, -0.15) is 0 Å². The van der Waals surface area contributed by atoms with Crippen LogP contribution in [0.2, 0.25) is 0 Å². The first-order valence-electron chi connectivity index (χ1n) is 7.53. The van der Waals surface area contributed by atoms with Crippen LogP contribution in [0.25, 0.3) is 0 Å². The van der Waals surface area contributed by atoms with Gasteiger partial charge in [-0.25, -0.2) is 4.79 Å². The molecule has 2 rings (SSSR count). The van der Waals surface area contributed by atoms with Gasteiger partial charge in [0.25, 0.3) is 0 Å². The van der Waals surface area contributed by atoms with Gasteiger partial charge in [-0.1, -0.05) is 30.3 Å². The maximum Gasteiger partial charge on any atom is 0.406 e. The highest BCUT2D eigenvalue weighted by Crippen LogP contribution is 2.32. The molecule has 0 fully saturated rings. The van der Waals surface area contributed by atoms with Gasteiger partial charge in [0.1, 0.15) is 5.75 Å². The van der Waals surface area contributed by atoms with Crippen LogP contribution in [0.1, 0.15) is 6.92 Å². The summed E-state index contributed by atoms with van der Waals surface area (Å²) < 4.78 is 10.4. The molecular weight excluding hydrogens is 308 g/mol. The summed E-state index contributed by atoms with van der Waals surface area (Å²) >= 11 is 0. The molecule has 0 atom stereocenters. The smallest absolute Gasteiger partial charge is 0.406 e. The number of amides is 2. The largest absolute Gasteiger partial charge is 0.455 e. The fraction of sp³-hybridized carbons (Fsp3) is 0.222. The first-order valence-corrected chi connectivity index (χ1v) is 7.53. The molecule has 0 aliphatic carbocycles. The molecule has 2 aromatic rings. The second-order valence-corrected chi connectivity index (χ2v) is 4.97. The van der Waals surface area contributed by atoms with Crippen LogP contribution in [-0.2, 0) is 9.53 Å². The number of para-hydroxylation sites is 3. The number of ether oxygens (including phenoxy) is 2. The minimum Gasteiger partial charge on any atom is -0.455 e. The molecule has 1 N–H and O–H groups in total. The molecule has 126 valence electrons. The van der Waals surface area contributed by atoms with Crippen LogP contribution in [0.4, 0.5) is 10.5 Å². The van der Waals surface area contributed by atoms with Gasteiger partial charge in [-0.3, -0.25) is 4.79 Å². The summed E-state index contributed by atoms with van der Waals surface area (Å²) in [7, 11) is 1.29. The van der Waals surface area contributed by atoms with Gasteiger partial charge < -0.3 is 19.7 Å². The quantitative estimate of drug-likeness (QED) is 0.884. The predicted molar refractivity (Wildman–Crippen MR) is 91.4 cm³/mol. The highest BCUT2D eigenvalue weighted by Gasteiger charge is 2.16. The van der Waals surface area contributed by atoms with E-state index >= 15 is 0 Å². The molecule has 0 bridgehead atoms. The Balaban J connectivity index is 2.17. The zero-order valence-electron chi connectivity index (χ0n) is 13.7. The molecular formula is C18H20N2O4. The molecule has 0 aromatic heterocycles. The van der Waals surface area contributed by atoms with E-state index in [0.717, 1.165) is 0 Å². The van der Waals surface area contributed by atoms with E-state index in [1.54, 1.807) is 17.0 Å². The van der Waals surface area contributed by atoms with E-state index < -0.39 is 6.09 Å². The maximum atomic E-state index is 12.0. The summed E-state index contributed by atoms with van der Waals surface area (Å²) in [6.07, 6.45) is -0.535. The van der Waals surface area contributed by atoms with Gasteiger partial charge in [0.15, 0.2) is 5.75 Å². The summed E-state index contributed by atoms with van der Waals surface area (Å²) in [6, 6.07) is 16.6. The molecule has 0 heterocycles. The Morgan fingerprint density at radius 1 is 1.04 bits per heavy atom. The molecule has 0 radical (unpaired) electrons. The summed E-state index contributed by atoms with van der Waals surface area (Å²) in [5.74, 6) is 1.10. The van der Waals surface area contributed by atoms with Crippen molar-refractivity contribution in [3.63, 3.8) is 0 Å². The Hall–Kier alpha value is -3.02. The van der Waals surface area contributed by atoms with Gasteiger partial charge in [0.2, 0.25) is 5.91 Å². The van der Waals surface area contributed by atoms with Gasteiger partial charge in [0.05, 0.1) is 12.8 Å². The number of benzene rings is 2. The molecule has 0 spiro atoms. The van der Waals surface area contributed by atoms with Crippen molar-refractivity contribution in [3.05, 3.63) is 54.6 Å². The number of alkyl carbamates (subject to hydrolysis) is 1. The van der Waals surface area contributed by atoms with Crippen LogP contribution in [0.15, 0.2) is 54.6 Å². The maximum absolute atomic E-state index is 12.0. The van der Waals surface area contributed by atoms with Gasteiger partial charge in [-0.15, -0.1) is 0 Å². The van der Waals surface area contributed by atoms with E-state index in [9.17, 15) is 9.59 Å². The highest BCUT2D eigenvalue weighted by molar-refractivity contribution is 5.93. The standard InChI is InChI=1S/C18H20N2O4/c1-14(21)20(13-12-19-18(22)23-2)16-10-6-7-11-17(16)24-15-8-4-3-5-9-15/h3-11H,12-13H2,1-2H3,(H,19,22). The van der Waals surface area contributed by atoms with Gasteiger partial charge >= 0.3 is 6.09 Å². The van der Waals surface area contributed by atoms with E-state index in [0.29, 0.717) is 23.7 Å². The normalized spacial score (nSPS) is 9.92. The number of carbonyl (C=O) groups excluding carboxylic acids is 2. The molecule has 0 aliphatic rings. The van der Waals surface area contributed by atoms with E-state index in [-0.39, 0.29) is 12.5 Å². The summed E-state index contributed by atoms with van der Waals surface area (Å²) in [4.78, 5) is 24.7. The third-order valence-corrected chi connectivity index (χ3v) is 3.30. The van der Waals surface area contributed by atoms with Gasteiger partial charge in [0, 0.05) is 20.0 Å². The minimum atomic E-state index is -0.535. The average molecular weight is 328 g/mol. The third-order valence-electron chi connectivity index (χ3n) is 3.30. The SMILES string of the molecule is COC(=O)NCCN(C(C)=O)c1ccccc1Oc1ccccc1. The van der Waals surface area contributed by atoms with E-state index in [1.165, 1.54) is 14.0 Å². The first kappa shape index (κ1) is 17.3. The molecule has 2 amide bonds. The predicted octanol–water partition coefficient (Wildman–Crippen LogP) is 3.19. The molecule has 24 heavy (non-hydrogen) atoms. The lowest BCUT2D eigenvalue weighted by Gasteiger charge is -2.23. The Bertz CT molecular complexity index is 688. The van der Waals surface area contributed by atoms with Crippen LogP contribution in [0.5, 0.6) is 11.5 Å². The van der Waals surface area contributed by atoms with Crippen LogP contribution >= 0.6 is 0 Å². The molecule has 0 saturated heterocycles. The lowest BCUT2D eigenvalue weighted by molar-refractivity contribution is -0.116. The van der Waals surface area contributed by atoms with E-state index in [2.05, 4.69) is 10.1 Å². The Kier molecular flexibility index (Phi) is 6.19. The monoisotopic (exact) mass is 328 g/mol. The first-order chi connectivity index (χ1) is 11.6. The van der Waals surface area contributed by atoms with Crippen molar-refractivity contribution >= 4 is 17.7 Å². The van der Waals surface area contributed by atoms with Crippen molar-refractivity contribution in [2.75, 3.05) is 25.1 Å². The molecule has 6 heteroatoms. The fourth-order valence-electron chi connectivity index (χ4n) is 2.17. The molecule has 0 unspecified atom stereocenters.